The number of nitrogens with zero attached hydrogens (tertiary/aromatic N) is 2. The summed E-state index contributed by atoms with van der Waals surface area (Å²) in [6.45, 7) is 0.201. The zero-order valence-corrected chi connectivity index (χ0v) is 15.3. The minimum atomic E-state index is -0.905. The van der Waals surface area contributed by atoms with Crippen LogP contribution in [0.5, 0.6) is 17.2 Å². The summed E-state index contributed by atoms with van der Waals surface area (Å²) >= 11 is 0. The Kier molecular flexibility index (Phi) is 5.46. The second-order valence-corrected chi connectivity index (χ2v) is 5.77. The summed E-state index contributed by atoms with van der Waals surface area (Å²) in [7, 11) is 4.62. The van der Waals surface area contributed by atoms with Crippen molar-refractivity contribution in [2.24, 2.45) is 0 Å². The van der Waals surface area contributed by atoms with E-state index in [-0.39, 0.29) is 12.1 Å². The van der Waals surface area contributed by atoms with Crippen molar-refractivity contribution in [1.82, 2.24) is 14.5 Å². The van der Waals surface area contributed by atoms with Crippen molar-refractivity contribution >= 4 is 0 Å². The molecular formula is C19H21N3O5. The molecule has 0 amide bonds. The number of hydrogen-bond donors (Lipinski definition) is 2. The number of aromatic nitrogens is 3. The lowest BCUT2D eigenvalue weighted by atomic mass is 10.1. The highest BCUT2D eigenvalue weighted by Gasteiger charge is 2.21. The van der Waals surface area contributed by atoms with Gasteiger partial charge >= 0.3 is 0 Å². The molecule has 0 radical (unpaired) electrons. The number of ether oxygens (including phenoxy) is 3. The second kappa shape index (κ2) is 7.96. The van der Waals surface area contributed by atoms with Crippen molar-refractivity contribution in [2.75, 3.05) is 21.3 Å². The predicted molar refractivity (Wildman–Crippen MR) is 99.3 cm³/mol. The lowest BCUT2D eigenvalue weighted by Gasteiger charge is -2.17. The summed E-state index contributed by atoms with van der Waals surface area (Å²) in [6, 6.07) is 8.24. The molecule has 0 bridgehead atoms. The standard InChI is InChI=1S/C19H21N3O5/c1-25-15-8-7-12(17(26-2)18(15)27-3)19-20-9-10-22(19)11-14(23)13-5-4-6-16(24)21-13/h4-10,14,23H,11H2,1-3H3,(H,21,24). The van der Waals surface area contributed by atoms with Crippen LogP contribution < -0.4 is 19.8 Å². The Hall–Kier alpha value is -3.26. The molecule has 0 saturated carbocycles. The Labute approximate surface area is 156 Å². The Morgan fingerprint density at radius 3 is 2.56 bits per heavy atom. The number of aromatic amines is 1. The Morgan fingerprint density at radius 1 is 1.11 bits per heavy atom. The van der Waals surface area contributed by atoms with Crippen molar-refractivity contribution in [3.8, 4) is 28.6 Å². The van der Waals surface area contributed by atoms with Crippen LogP contribution in [0.2, 0.25) is 0 Å². The van der Waals surface area contributed by atoms with Gasteiger partial charge in [-0.25, -0.2) is 4.98 Å². The van der Waals surface area contributed by atoms with Crippen LogP contribution in [0.25, 0.3) is 11.4 Å². The molecule has 2 heterocycles. The highest BCUT2D eigenvalue weighted by Crippen LogP contribution is 2.43. The van der Waals surface area contributed by atoms with Crippen molar-refractivity contribution in [3.63, 3.8) is 0 Å². The van der Waals surface area contributed by atoms with Crippen LogP contribution in [-0.4, -0.2) is 41.0 Å². The molecule has 8 nitrogen and oxygen atoms in total. The minimum Gasteiger partial charge on any atom is -0.493 e. The van der Waals surface area contributed by atoms with E-state index in [0.717, 1.165) is 0 Å². The summed E-state index contributed by atoms with van der Waals surface area (Å²) < 4.78 is 18.0. The smallest absolute Gasteiger partial charge is 0.248 e. The third-order valence-corrected chi connectivity index (χ3v) is 4.18. The molecule has 1 atom stereocenters. The number of nitrogens with one attached hydrogen (secondary N) is 1. The van der Waals surface area contributed by atoms with Gasteiger partial charge in [-0.3, -0.25) is 4.79 Å². The van der Waals surface area contributed by atoms with E-state index >= 15 is 0 Å². The van der Waals surface area contributed by atoms with Crippen molar-refractivity contribution in [1.29, 1.82) is 0 Å². The fourth-order valence-electron chi connectivity index (χ4n) is 2.92. The van der Waals surface area contributed by atoms with E-state index in [0.29, 0.717) is 34.3 Å². The maximum absolute atomic E-state index is 11.5. The maximum Gasteiger partial charge on any atom is 0.248 e. The van der Waals surface area contributed by atoms with E-state index < -0.39 is 6.10 Å². The molecule has 8 heteroatoms. The summed E-state index contributed by atoms with van der Waals surface area (Å²) in [5.41, 5.74) is 0.856. The molecule has 0 aliphatic carbocycles. The quantitative estimate of drug-likeness (QED) is 0.659. The van der Waals surface area contributed by atoms with E-state index in [1.807, 2.05) is 6.07 Å². The van der Waals surface area contributed by atoms with E-state index in [4.69, 9.17) is 14.2 Å². The van der Waals surface area contributed by atoms with Gasteiger partial charge in [-0.2, -0.15) is 0 Å². The van der Waals surface area contributed by atoms with Crippen LogP contribution in [0.3, 0.4) is 0 Å². The number of hydrogen-bond acceptors (Lipinski definition) is 6. The number of rotatable bonds is 7. The molecule has 1 aromatic carbocycles. The topological polar surface area (TPSA) is 98.6 Å². The van der Waals surface area contributed by atoms with Gasteiger partial charge in [0.1, 0.15) is 11.9 Å². The molecule has 3 aromatic rings. The lowest BCUT2D eigenvalue weighted by molar-refractivity contribution is 0.152. The molecule has 0 spiro atoms. The van der Waals surface area contributed by atoms with Gasteiger partial charge < -0.3 is 28.9 Å². The first-order chi connectivity index (χ1) is 13.1. The van der Waals surface area contributed by atoms with Gasteiger partial charge in [-0.05, 0) is 18.2 Å². The van der Waals surface area contributed by atoms with Gasteiger partial charge in [-0.15, -0.1) is 0 Å². The number of imidazole rings is 1. The molecule has 142 valence electrons. The van der Waals surface area contributed by atoms with Crippen LogP contribution in [0.1, 0.15) is 11.8 Å². The maximum atomic E-state index is 11.5. The summed E-state index contributed by atoms with van der Waals surface area (Å²) in [4.78, 5) is 18.5. The van der Waals surface area contributed by atoms with Crippen molar-refractivity contribution in [3.05, 3.63) is 58.8 Å². The van der Waals surface area contributed by atoms with Crippen LogP contribution >= 0.6 is 0 Å². The monoisotopic (exact) mass is 371 g/mol. The lowest BCUT2D eigenvalue weighted by Crippen LogP contribution is -2.15. The number of aliphatic hydroxyl groups excluding tert-OH is 1. The molecule has 0 fully saturated rings. The number of pyridine rings is 1. The molecule has 0 aliphatic heterocycles. The Bertz CT molecular complexity index is 979. The van der Waals surface area contributed by atoms with E-state index in [2.05, 4.69) is 9.97 Å². The van der Waals surface area contributed by atoms with Crippen molar-refractivity contribution < 1.29 is 19.3 Å². The van der Waals surface area contributed by atoms with Gasteiger partial charge in [-0.1, -0.05) is 6.07 Å². The fraction of sp³-hybridized carbons (Fsp3) is 0.263. The molecule has 0 aliphatic rings. The fourth-order valence-corrected chi connectivity index (χ4v) is 2.92. The average Bonchev–Trinajstić information content (AvgIpc) is 3.14. The first-order valence-corrected chi connectivity index (χ1v) is 8.26. The summed E-state index contributed by atoms with van der Waals surface area (Å²) in [5, 5.41) is 10.5. The van der Waals surface area contributed by atoms with E-state index in [9.17, 15) is 9.90 Å². The van der Waals surface area contributed by atoms with Gasteiger partial charge in [0, 0.05) is 24.2 Å². The normalized spacial score (nSPS) is 11.9. The molecule has 27 heavy (non-hydrogen) atoms. The highest BCUT2D eigenvalue weighted by atomic mass is 16.5. The predicted octanol–water partition coefficient (Wildman–Crippen LogP) is 2.00. The number of benzene rings is 1. The highest BCUT2D eigenvalue weighted by molar-refractivity contribution is 5.72. The van der Waals surface area contributed by atoms with Crippen LogP contribution in [0.4, 0.5) is 0 Å². The third-order valence-electron chi connectivity index (χ3n) is 4.18. The van der Waals surface area contributed by atoms with E-state index in [1.165, 1.54) is 20.3 Å². The van der Waals surface area contributed by atoms with Gasteiger partial charge in [0.05, 0.1) is 33.4 Å². The second-order valence-electron chi connectivity index (χ2n) is 5.77. The van der Waals surface area contributed by atoms with Crippen LogP contribution in [0, 0.1) is 0 Å². The first kappa shape index (κ1) is 18.5. The number of H-pyrrole nitrogens is 1. The van der Waals surface area contributed by atoms with Crippen molar-refractivity contribution in [2.45, 2.75) is 12.6 Å². The van der Waals surface area contributed by atoms with Crippen LogP contribution in [-0.2, 0) is 6.54 Å². The minimum absolute atomic E-state index is 0.201. The Balaban J connectivity index is 1.99. The van der Waals surface area contributed by atoms with Gasteiger partial charge in [0.15, 0.2) is 11.5 Å². The largest absolute Gasteiger partial charge is 0.493 e. The molecule has 2 N–H and O–H groups in total. The summed E-state index contributed by atoms with van der Waals surface area (Å²) in [6.07, 6.45) is 2.47. The molecule has 1 unspecified atom stereocenters. The molecular weight excluding hydrogens is 350 g/mol. The zero-order valence-electron chi connectivity index (χ0n) is 15.3. The average molecular weight is 371 g/mol. The van der Waals surface area contributed by atoms with E-state index in [1.54, 1.807) is 42.3 Å². The van der Waals surface area contributed by atoms with Gasteiger partial charge in [0.2, 0.25) is 11.3 Å². The number of methoxy groups -OCH3 is 3. The molecule has 2 aromatic heterocycles. The van der Waals surface area contributed by atoms with Crippen LogP contribution in [0.15, 0.2) is 47.5 Å². The zero-order chi connectivity index (χ0) is 19.4. The van der Waals surface area contributed by atoms with Gasteiger partial charge in [0.25, 0.3) is 0 Å². The molecule has 3 rings (SSSR count). The summed E-state index contributed by atoms with van der Waals surface area (Å²) in [5.74, 6) is 2.06. The SMILES string of the molecule is COc1ccc(-c2nccn2CC(O)c2cccc(=O)[nH]2)c(OC)c1OC. The number of aliphatic hydroxyl groups is 1. The first-order valence-electron chi connectivity index (χ1n) is 8.26. The Morgan fingerprint density at radius 2 is 1.89 bits per heavy atom. The third kappa shape index (κ3) is 3.65. The molecule has 0 saturated heterocycles.